The van der Waals surface area contributed by atoms with Crippen molar-refractivity contribution in [3.05, 3.63) is 108 Å². The van der Waals surface area contributed by atoms with Crippen molar-refractivity contribution in [2.75, 3.05) is 50.6 Å². The molecule has 0 amide bonds. The van der Waals surface area contributed by atoms with Gasteiger partial charge in [-0.15, -0.1) is 0 Å². The number of carbonyl (C=O) groups excluding carboxylic acids is 2. The van der Waals surface area contributed by atoms with Crippen LogP contribution in [0.2, 0.25) is 0 Å². The van der Waals surface area contributed by atoms with E-state index in [1.54, 1.807) is 55.6 Å². The van der Waals surface area contributed by atoms with Crippen LogP contribution >= 0.6 is 10.7 Å². The molecule has 14 nitrogen and oxygen atoms in total. The van der Waals surface area contributed by atoms with Crippen molar-refractivity contribution >= 4 is 53.1 Å². The second-order valence-electron chi connectivity index (χ2n) is 9.79. The molecule has 2 aromatic carbocycles. The molecule has 1 N–H and O–H groups in total. The maximum Gasteiger partial charge on any atom is 0.339 e. The lowest BCUT2D eigenvalue weighted by molar-refractivity contribution is 0.0591. The largest absolute Gasteiger partial charge is 0.497 e. The second-order valence-corrected chi connectivity index (χ2v) is 14.7. The van der Waals surface area contributed by atoms with E-state index in [9.17, 15) is 26.4 Å². The van der Waals surface area contributed by atoms with Crippen molar-refractivity contribution in [2.45, 2.75) is 13.1 Å². The summed E-state index contributed by atoms with van der Waals surface area (Å²) in [6.07, 6.45) is 4.92. The summed E-state index contributed by atoms with van der Waals surface area (Å²) in [5.41, 5.74) is 3.57. The third-order valence-electron chi connectivity index (χ3n) is 6.12. The molecule has 0 radical (unpaired) electrons. The smallest absolute Gasteiger partial charge is 0.339 e. The van der Waals surface area contributed by atoms with E-state index in [0.29, 0.717) is 34.8 Å². The Morgan fingerprint density at radius 3 is 1.49 bits per heavy atom. The van der Waals surface area contributed by atoms with Crippen LogP contribution in [0.25, 0.3) is 0 Å². The van der Waals surface area contributed by atoms with Crippen molar-refractivity contribution < 1.29 is 45.4 Å². The van der Waals surface area contributed by atoms with Crippen LogP contribution in [0.3, 0.4) is 0 Å². The first kappa shape index (κ1) is 40.2. The lowest BCUT2D eigenvalue weighted by Crippen LogP contribution is -2.29. The average Bonchev–Trinajstić information content (AvgIpc) is 3.09. The maximum atomic E-state index is 12.1. The van der Waals surface area contributed by atoms with Gasteiger partial charge in [-0.3, -0.25) is 14.3 Å². The Morgan fingerprint density at radius 2 is 1.12 bits per heavy atom. The highest BCUT2D eigenvalue weighted by atomic mass is 35.7. The molecule has 49 heavy (non-hydrogen) atoms. The Morgan fingerprint density at radius 1 is 0.694 bits per heavy atom. The zero-order valence-electron chi connectivity index (χ0n) is 27.6. The highest BCUT2D eigenvalue weighted by Gasteiger charge is 2.19. The second kappa shape index (κ2) is 19.2. The van der Waals surface area contributed by atoms with Crippen molar-refractivity contribution in [3.8, 4) is 11.5 Å². The van der Waals surface area contributed by atoms with Crippen LogP contribution < -0.4 is 19.1 Å². The molecule has 0 spiro atoms. The highest BCUT2D eigenvalue weighted by molar-refractivity contribution is 8.13. The lowest BCUT2D eigenvalue weighted by Gasteiger charge is -2.22. The highest BCUT2D eigenvalue weighted by Crippen LogP contribution is 2.23. The minimum atomic E-state index is -3.51. The Hall–Kier alpha value is -4.93. The van der Waals surface area contributed by atoms with E-state index in [-0.39, 0.29) is 12.5 Å². The van der Waals surface area contributed by atoms with Gasteiger partial charge in [-0.25, -0.2) is 26.4 Å². The molecule has 4 rings (SSSR count). The number of ether oxygens (including phenoxy) is 4. The number of anilines is 2. The number of halogens is 1. The molecule has 0 unspecified atom stereocenters. The SMILES string of the molecule is COC(=O)c1ccc(CN(c2ccc(OC)cc2)S(C)(=O)=O)nc1.COC(=O)c1ccc(CNc2ccc(OC)cc2)nc1.CS(=O)(=O)Cl. The Kier molecular flexibility index (Phi) is 15.7. The molecule has 0 saturated heterocycles. The predicted octanol–water partition coefficient (Wildman–Crippen LogP) is 4.52. The summed E-state index contributed by atoms with van der Waals surface area (Å²) in [4.78, 5) is 31.0. The van der Waals surface area contributed by atoms with Gasteiger partial charge in [-0.05, 0) is 72.8 Å². The van der Waals surface area contributed by atoms with E-state index in [2.05, 4.69) is 35.4 Å². The summed E-state index contributed by atoms with van der Waals surface area (Å²) in [7, 11) is 3.61. The molecule has 17 heteroatoms. The van der Waals surface area contributed by atoms with Gasteiger partial charge in [0.25, 0.3) is 0 Å². The fourth-order valence-corrected chi connectivity index (χ4v) is 4.59. The zero-order chi connectivity index (χ0) is 36.6. The van der Waals surface area contributed by atoms with Gasteiger partial charge < -0.3 is 24.3 Å². The van der Waals surface area contributed by atoms with Gasteiger partial charge in [0.15, 0.2) is 0 Å². The molecule has 0 aliphatic rings. The molecule has 0 bridgehead atoms. The van der Waals surface area contributed by atoms with Gasteiger partial charge in [0.05, 0.1) is 82.2 Å². The molecule has 4 aromatic rings. The van der Waals surface area contributed by atoms with Gasteiger partial charge in [0.2, 0.25) is 19.1 Å². The maximum absolute atomic E-state index is 12.1. The minimum absolute atomic E-state index is 0.0482. The number of nitrogens with zero attached hydrogens (tertiary/aromatic N) is 3. The van der Waals surface area contributed by atoms with E-state index in [1.165, 1.54) is 38.0 Å². The molecule has 2 heterocycles. The normalized spacial score (nSPS) is 10.6. The number of esters is 2. The molecule has 264 valence electrons. The fourth-order valence-electron chi connectivity index (χ4n) is 3.72. The summed E-state index contributed by atoms with van der Waals surface area (Å²) in [5, 5.41) is 3.24. The number of pyridine rings is 2. The molecular formula is C32H37ClN4O10S2. The van der Waals surface area contributed by atoms with Gasteiger partial charge in [0.1, 0.15) is 11.5 Å². The molecule has 2 aromatic heterocycles. The summed E-state index contributed by atoms with van der Waals surface area (Å²) in [5.74, 6) is 0.570. The molecule has 0 fully saturated rings. The van der Waals surface area contributed by atoms with Crippen LogP contribution in [-0.2, 0) is 41.6 Å². The first-order valence-corrected chi connectivity index (χ1v) is 18.6. The van der Waals surface area contributed by atoms with Crippen LogP contribution in [0.1, 0.15) is 32.1 Å². The zero-order valence-corrected chi connectivity index (χ0v) is 30.0. The van der Waals surface area contributed by atoms with Crippen LogP contribution in [0.5, 0.6) is 11.5 Å². The fraction of sp³-hybridized carbons (Fsp3) is 0.250. The Labute approximate surface area is 290 Å². The first-order valence-electron chi connectivity index (χ1n) is 14.0. The van der Waals surface area contributed by atoms with Crippen molar-refractivity contribution in [1.82, 2.24) is 9.97 Å². The number of rotatable bonds is 11. The number of nitrogens with one attached hydrogen (secondary N) is 1. The summed E-state index contributed by atoms with van der Waals surface area (Å²) < 4.78 is 63.6. The number of methoxy groups -OCH3 is 4. The van der Waals surface area contributed by atoms with Crippen LogP contribution in [0.4, 0.5) is 11.4 Å². The number of sulfonamides is 1. The third-order valence-corrected chi connectivity index (χ3v) is 7.26. The molecule has 0 aliphatic heterocycles. The average molecular weight is 737 g/mol. The van der Waals surface area contributed by atoms with Crippen molar-refractivity contribution in [3.63, 3.8) is 0 Å². The van der Waals surface area contributed by atoms with Crippen molar-refractivity contribution in [1.29, 1.82) is 0 Å². The van der Waals surface area contributed by atoms with Gasteiger partial charge in [-0.2, -0.15) is 0 Å². The summed E-state index contributed by atoms with van der Waals surface area (Å²) >= 11 is 0. The number of carbonyl (C=O) groups is 2. The monoisotopic (exact) mass is 736 g/mol. The standard InChI is InChI=1S/C16H18N2O5S.C15H16N2O3.CH3ClO2S/c1-22-15-8-6-14(7-9-15)18(24(3,20)21)11-13-5-4-12(10-17-13)16(19)23-2;1-19-14-7-5-12(6-8-14)17-10-13-4-3-11(9-16-13)15(18)20-2;1-5(2,3)4/h4-10H,11H2,1-3H3;3-9,17H,10H2,1-2H3;1H3. The number of aromatic nitrogens is 2. The topological polar surface area (TPSA) is 180 Å². The molecule has 0 saturated carbocycles. The number of hydrogen-bond acceptors (Lipinski definition) is 13. The first-order chi connectivity index (χ1) is 23.1. The van der Waals surface area contributed by atoms with E-state index in [1.807, 2.05) is 24.3 Å². The number of hydrogen-bond donors (Lipinski definition) is 1. The number of benzene rings is 2. The van der Waals surface area contributed by atoms with E-state index in [4.69, 9.17) is 9.47 Å². The predicted molar refractivity (Wildman–Crippen MR) is 186 cm³/mol. The van der Waals surface area contributed by atoms with E-state index in [0.717, 1.165) is 29.6 Å². The van der Waals surface area contributed by atoms with Crippen molar-refractivity contribution in [2.24, 2.45) is 0 Å². The Bertz CT molecular complexity index is 1850. The molecule has 0 atom stereocenters. The van der Waals surface area contributed by atoms with Gasteiger partial charge in [0, 0.05) is 28.8 Å². The minimum Gasteiger partial charge on any atom is -0.497 e. The van der Waals surface area contributed by atoms with Gasteiger partial charge in [-0.1, -0.05) is 0 Å². The quantitative estimate of drug-likeness (QED) is 0.168. The van der Waals surface area contributed by atoms with Gasteiger partial charge >= 0.3 is 11.9 Å². The van der Waals surface area contributed by atoms with E-state index >= 15 is 0 Å². The Balaban J connectivity index is 0.000000303. The summed E-state index contributed by atoms with van der Waals surface area (Å²) in [6, 6.07) is 20.9. The van der Waals surface area contributed by atoms with Crippen LogP contribution in [0.15, 0.2) is 85.2 Å². The van der Waals surface area contributed by atoms with Crippen LogP contribution in [-0.4, -0.2) is 79.7 Å². The molecular weight excluding hydrogens is 700 g/mol. The third kappa shape index (κ3) is 14.8. The molecule has 0 aliphatic carbocycles. The lowest BCUT2D eigenvalue weighted by atomic mass is 10.2. The van der Waals surface area contributed by atoms with Crippen LogP contribution in [0, 0.1) is 0 Å². The van der Waals surface area contributed by atoms with E-state index < -0.39 is 25.0 Å². The summed E-state index contributed by atoms with van der Waals surface area (Å²) in [6.45, 7) is 0.625.